The number of ether oxygens (including phenoxy) is 1. The summed E-state index contributed by atoms with van der Waals surface area (Å²) in [4.78, 5) is 21.4. The highest BCUT2D eigenvalue weighted by Gasteiger charge is 2.24. The van der Waals surface area contributed by atoms with E-state index in [1.165, 1.54) is 16.0 Å². The predicted octanol–water partition coefficient (Wildman–Crippen LogP) is 3.10. The van der Waals surface area contributed by atoms with Gasteiger partial charge in [-0.3, -0.25) is 9.69 Å². The number of quaternary nitrogens is 1. The minimum Gasteiger partial charge on any atom is -0.496 e. The molecule has 1 amide bonds. The number of benzene rings is 2. The third-order valence-corrected chi connectivity index (χ3v) is 5.91. The normalized spacial score (nSPS) is 11.2. The number of aromatic nitrogens is 1. The molecule has 5 nitrogen and oxygen atoms in total. The van der Waals surface area contributed by atoms with Crippen LogP contribution in [0.15, 0.2) is 36.4 Å². The van der Waals surface area contributed by atoms with E-state index < -0.39 is 0 Å². The molecule has 1 heterocycles. The zero-order chi connectivity index (χ0) is 20.3. The Hall–Kier alpha value is -2.44. The average molecular weight is 399 g/mol. The summed E-state index contributed by atoms with van der Waals surface area (Å²) in [6.07, 6.45) is 0.900. The molecule has 148 valence electrons. The number of hydrogen-bond acceptors (Lipinski definition) is 4. The van der Waals surface area contributed by atoms with Crippen LogP contribution in [0.5, 0.6) is 5.75 Å². The van der Waals surface area contributed by atoms with Crippen LogP contribution in [0.4, 0.5) is 5.13 Å². The largest absolute Gasteiger partial charge is 0.496 e. The van der Waals surface area contributed by atoms with Gasteiger partial charge < -0.3 is 9.64 Å². The molecule has 3 rings (SSSR count). The quantitative estimate of drug-likeness (QED) is 0.665. The molecular formula is C22H28N3O2S+. The van der Waals surface area contributed by atoms with Crippen molar-refractivity contribution in [1.29, 1.82) is 0 Å². The molecule has 0 radical (unpaired) electrons. The lowest BCUT2D eigenvalue weighted by Crippen LogP contribution is -3.05. The van der Waals surface area contributed by atoms with Crippen molar-refractivity contribution in [2.24, 2.45) is 0 Å². The Morgan fingerprint density at radius 1 is 1.21 bits per heavy atom. The Bertz CT molecular complexity index is 981. The highest BCUT2D eigenvalue weighted by atomic mass is 32.1. The minimum absolute atomic E-state index is 0.0698. The molecule has 1 aromatic heterocycles. The Labute approximate surface area is 170 Å². The first kappa shape index (κ1) is 20.3. The maximum atomic E-state index is 13.4. The average Bonchev–Trinajstić information content (AvgIpc) is 3.08. The van der Waals surface area contributed by atoms with Crippen molar-refractivity contribution in [1.82, 2.24) is 4.98 Å². The van der Waals surface area contributed by atoms with Crippen LogP contribution in [0, 0.1) is 13.8 Å². The van der Waals surface area contributed by atoms with E-state index in [9.17, 15) is 4.79 Å². The third-order valence-electron chi connectivity index (χ3n) is 4.68. The molecule has 0 bridgehead atoms. The lowest BCUT2D eigenvalue weighted by Gasteiger charge is -2.21. The Morgan fingerprint density at radius 3 is 2.68 bits per heavy atom. The van der Waals surface area contributed by atoms with Crippen LogP contribution in [0.25, 0.3) is 10.2 Å². The van der Waals surface area contributed by atoms with Gasteiger partial charge in [-0.05, 0) is 43.2 Å². The number of amides is 1. The molecule has 3 aromatic rings. The smallest absolute Gasteiger partial charge is 0.263 e. The number of para-hydroxylation sites is 1. The van der Waals surface area contributed by atoms with Gasteiger partial charge in [0.1, 0.15) is 5.75 Å². The number of fused-ring (bicyclic) bond motifs is 1. The van der Waals surface area contributed by atoms with E-state index in [0.29, 0.717) is 17.9 Å². The lowest BCUT2D eigenvalue weighted by molar-refractivity contribution is -0.858. The fourth-order valence-electron chi connectivity index (χ4n) is 3.32. The molecule has 0 saturated heterocycles. The molecule has 1 N–H and O–H groups in total. The van der Waals surface area contributed by atoms with Gasteiger partial charge in [-0.1, -0.05) is 29.5 Å². The van der Waals surface area contributed by atoms with Crippen LogP contribution in [0.1, 0.15) is 27.9 Å². The van der Waals surface area contributed by atoms with Crippen LogP contribution in [-0.4, -0.2) is 45.2 Å². The van der Waals surface area contributed by atoms with Gasteiger partial charge in [-0.15, -0.1) is 0 Å². The van der Waals surface area contributed by atoms with Crippen LogP contribution < -0.4 is 14.5 Å². The molecule has 0 aliphatic rings. The van der Waals surface area contributed by atoms with Crippen molar-refractivity contribution in [3.63, 3.8) is 0 Å². The molecule has 0 spiro atoms. The summed E-state index contributed by atoms with van der Waals surface area (Å²) in [6, 6.07) is 11.6. The van der Waals surface area contributed by atoms with E-state index >= 15 is 0 Å². The zero-order valence-corrected chi connectivity index (χ0v) is 18.0. The van der Waals surface area contributed by atoms with Crippen molar-refractivity contribution in [2.45, 2.75) is 20.3 Å². The summed E-state index contributed by atoms with van der Waals surface area (Å²) in [5.41, 5.74) is 3.89. The number of carbonyl (C=O) groups is 1. The second-order valence-corrected chi connectivity index (χ2v) is 8.37. The molecule has 0 fully saturated rings. The number of methoxy groups -OCH3 is 1. The monoisotopic (exact) mass is 398 g/mol. The van der Waals surface area contributed by atoms with E-state index in [0.717, 1.165) is 28.3 Å². The lowest BCUT2D eigenvalue weighted by atomic mass is 10.1. The summed E-state index contributed by atoms with van der Waals surface area (Å²) in [5, 5.41) is 0.744. The maximum absolute atomic E-state index is 13.4. The molecular weight excluding hydrogens is 370 g/mol. The summed E-state index contributed by atoms with van der Waals surface area (Å²) in [7, 11) is 5.84. The topological polar surface area (TPSA) is 46.9 Å². The second kappa shape index (κ2) is 8.71. The SMILES string of the molecule is COc1ccccc1C(=O)N(CCC[NH+](C)C)c1nc2cc(C)cc(C)c2s1. The van der Waals surface area contributed by atoms with Gasteiger partial charge in [0, 0.05) is 13.0 Å². The van der Waals surface area contributed by atoms with Crippen molar-refractivity contribution >= 4 is 32.6 Å². The van der Waals surface area contributed by atoms with Gasteiger partial charge in [-0.25, -0.2) is 4.98 Å². The standard InChI is InChI=1S/C22H27N3O2S/c1-15-13-16(2)20-18(14-15)23-22(28-20)25(12-8-11-24(3)4)21(26)17-9-6-7-10-19(17)27-5/h6-7,9-10,13-14H,8,11-12H2,1-5H3/p+1. The predicted molar refractivity (Wildman–Crippen MR) is 116 cm³/mol. The molecule has 2 aromatic carbocycles. The number of hydrogen-bond donors (Lipinski definition) is 1. The highest BCUT2D eigenvalue weighted by Crippen LogP contribution is 2.33. The number of thiazole rings is 1. The summed E-state index contributed by atoms with van der Waals surface area (Å²) in [6.45, 7) is 5.78. The van der Waals surface area contributed by atoms with Crippen LogP contribution in [0.2, 0.25) is 0 Å². The first-order chi connectivity index (χ1) is 13.4. The first-order valence-corrected chi connectivity index (χ1v) is 10.3. The summed E-state index contributed by atoms with van der Waals surface area (Å²) >= 11 is 1.58. The molecule has 0 unspecified atom stereocenters. The van der Waals surface area contributed by atoms with Gasteiger partial charge in [0.25, 0.3) is 5.91 Å². The third kappa shape index (κ3) is 4.34. The fourth-order valence-corrected chi connectivity index (χ4v) is 4.36. The number of carbonyl (C=O) groups excluding carboxylic acids is 1. The van der Waals surface area contributed by atoms with E-state index in [4.69, 9.17) is 9.72 Å². The zero-order valence-electron chi connectivity index (χ0n) is 17.2. The number of rotatable bonds is 7. The van der Waals surface area contributed by atoms with Crippen molar-refractivity contribution in [2.75, 3.05) is 39.2 Å². The van der Waals surface area contributed by atoms with Crippen LogP contribution in [-0.2, 0) is 0 Å². The van der Waals surface area contributed by atoms with E-state index in [1.54, 1.807) is 23.3 Å². The van der Waals surface area contributed by atoms with Gasteiger partial charge in [0.15, 0.2) is 5.13 Å². The highest BCUT2D eigenvalue weighted by molar-refractivity contribution is 7.22. The van der Waals surface area contributed by atoms with E-state index in [-0.39, 0.29) is 5.91 Å². The Morgan fingerprint density at radius 2 is 1.96 bits per heavy atom. The van der Waals surface area contributed by atoms with Crippen molar-refractivity contribution in [3.8, 4) is 5.75 Å². The summed E-state index contributed by atoms with van der Waals surface area (Å²) in [5.74, 6) is 0.517. The van der Waals surface area contributed by atoms with Crippen molar-refractivity contribution in [3.05, 3.63) is 53.1 Å². The van der Waals surface area contributed by atoms with Crippen molar-refractivity contribution < 1.29 is 14.4 Å². The second-order valence-electron chi connectivity index (χ2n) is 7.39. The first-order valence-electron chi connectivity index (χ1n) is 9.52. The van der Waals surface area contributed by atoms with E-state index in [2.05, 4.69) is 40.1 Å². The number of nitrogens with zero attached hydrogens (tertiary/aromatic N) is 2. The van der Waals surface area contributed by atoms with Gasteiger partial charge >= 0.3 is 0 Å². The van der Waals surface area contributed by atoms with E-state index in [1.807, 2.05) is 24.3 Å². The molecule has 0 atom stereocenters. The molecule has 0 aliphatic carbocycles. The van der Waals surface area contributed by atoms with Gasteiger partial charge in [0.2, 0.25) is 0 Å². The number of aryl methyl sites for hydroxylation is 2. The molecule has 6 heteroatoms. The number of nitrogens with one attached hydrogen (secondary N) is 1. The fraction of sp³-hybridized carbons (Fsp3) is 0.364. The molecule has 28 heavy (non-hydrogen) atoms. The molecule has 0 saturated carbocycles. The Balaban J connectivity index is 2.01. The van der Waals surface area contributed by atoms with Gasteiger partial charge in [0.05, 0.1) is 43.5 Å². The number of anilines is 1. The minimum atomic E-state index is -0.0698. The summed E-state index contributed by atoms with van der Waals surface area (Å²) < 4.78 is 6.56. The molecule has 0 aliphatic heterocycles. The van der Waals surface area contributed by atoms with Gasteiger partial charge in [-0.2, -0.15) is 0 Å². The Kier molecular flexibility index (Phi) is 6.31. The van der Waals surface area contributed by atoms with Crippen LogP contribution in [0.3, 0.4) is 0 Å². The maximum Gasteiger partial charge on any atom is 0.263 e. The van der Waals surface area contributed by atoms with Crippen LogP contribution >= 0.6 is 11.3 Å².